The Kier molecular flexibility index (Phi) is 5.31. The van der Waals surface area contributed by atoms with E-state index in [-0.39, 0.29) is 11.5 Å². The van der Waals surface area contributed by atoms with E-state index in [1.165, 1.54) is 0 Å². The van der Waals surface area contributed by atoms with Crippen molar-refractivity contribution >= 4 is 16.8 Å². The van der Waals surface area contributed by atoms with Gasteiger partial charge in [-0.25, -0.2) is 4.98 Å². The van der Waals surface area contributed by atoms with E-state index in [9.17, 15) is 9.59 Å². The number of para-hydroxylation sites is 1. The summed E-state index contributed by atoms with van der Waals surface area (Å²) in [5.74, 6) is 6.29. The van der Waals surface area contributed by atoms with Crippen LogP contribution in [0.3, 0.4) is 0 Å². The first kappa shape index (κ1) is 15.8. The molecule has 0 unspecified atom stereocenters. The number of amides is 1. The SMILES string of the molecule is CC#CCN(C)C(=O)CCCc1nc2ccccc2c(=O)[nH]1. The number of aromatic nitrogens is 2. The van der Waals surface area contributed by atoms with Crippen LogP contribution in [-0.2, 0) is 11.2 Å². The maximum absolute atomic E-state index is 11.9. The summed E-state index contributed by atoms with van der Waals surface area (Å²) in [4.78, 5) is 32.6. The van der Waals surface area contributed by atoms with Crippen molar-refractivity contribution in [1.29, 1.82) is 0 Å². The molecule has 22 heavy (non-hydrogen) atoms. The topological polar surface area (TPSA) is 66.1 Å². The third-order valence-electron chi connectivity index (χ3n) is 3.38. The average Bonchev–Trinajstić information content (AvgIpc) is 2.52. The lowest BCUT2D eigenvalue weighted by Crippen LogP contribution is -2.26. The summed E-state index contributed by atoms with van der Waals surface area (Å²) in [5.41, 5.74) is 0.546. The standard InChI is InChI=1S/C17H19N3O2/c1-3-4-12-20(2)16(21)11-7-10-15-18-14-9-6-5-8-13(14)17(22)19-15/h5-6,8-9H,7,10-12H2,1-2H3,(H,18,19,22). The largest absolute Gasteiger partial charge is 0.335 e. The second kappa shape index (κ2) is 7.41. The molecule has 0 radical (unpaired) electrons. The van der Waals surface area contributed by atoms with Crippen molar-refractivity contribution in [2.24, 2.45) is 0 Å². The Hall–Kier alpha value is -2.61. The Balaban J connectivity index is 1.96. The molecule has 1 aromatic heterocycles. The predicted molar refractivity (Wildman–Crippen MR) is 86.4 cm³/mol. The van der Waals surface area contributed by atoms with E-state index >= 15 is 0 Å². The molecule has 0 spiro atoms. The summed E-state index contributed by atoms with van der Waals surface area (Å²) >= 11 is 0. The number of rotatable bonds is 5. The second-order valence-electron chi connectivity index (χ2n) is 5.06. The summed E-state index contributed by atoms with van der Waals surface area (Å²) in [6, 6.07) is 7.23. The lowest BCUT2D eigenvalue weighted by molar-refractivity contribution is -0.129. The fourth-order valence-corrected chi connectivity index (χ4v) is 2.14. The highest BCUT2D eigenvalue weighted by molar-refractivity contribution is 5.77. The molecule has 1 aromatic carbocycles. The Bertz CT molecular complexity index is 784. The van der Waals surface area contributed by atoms with Gasteiger partial charge in [0.2, 0.25) is 5.91 Å². The maximum atomic E-state index is 11.9. The highest BCUT2D eigenvalue weighted by Gasteiger charge is 2.08. The molecule has 0 bridgehead atoms. The van der Waals surface area contributed by atoms with Crippen LogP contribution in [-0.4, -0.2) is 34.4 Å². The van der Waals surface area contributed by atoms with Gasteiger partial charge in [0.15, 0.2) is 0 Å². The van der Waals surface area contributed by atoms with Crippen LogP contribution in [0.1, 0.15) is 25.6 Å². The van der Waals surface area contributed by atoms with E-state index in [1.807, 2.05) is 18.2 Å². The van der Waals surface area contributed by atoms with Gasteiger partial charge < -0.3 is 9.88 Å². The molecule has 0 saturated heterocycles. The second-order valence-corrected chi connectivity index (χ2v) is 5.06. The number of hydrogen-bond donors (Lipinski definition) is 1. The number of carbonyl (C=O) groups is 1. The van der Waals surface area contributed by atoms with Crippen LogP contribution >= 0.6 is 0 Å². The minimum Gasteiger partial charge on any atom is -0.335 e. The number of fused-ring (bicyclic) bond motifs is 1. The summed E-state index contributed by atoms with van der Waals surface area (Å²) < 4.78 is 0. The van der Waals surface area contributed by atoms with Gasteiger partial charge in [-0.05, 0) is 25.5 Å². The monoisotopic (exact) mass is 297 g/mol. The Morgan fingerprint density at radius 3 is 2.91 bits per heavy atom. The highest BCUT2D eigenvalue weighted by Crippen LogP contribution is 2.07. The number of nitrogens with zero attached hydrogens (tertiary/aromatic N) is 2. The number of H-pyrrole nitrogens is 1. The zero-order valence-electron chi connectivity index (χ0n) is 12.8. The molecule has 0 atom stereocenters. The number of hydrogen-bond acceptors (Lipinski definition) is 3. The molecule has 1 heterocycles. The predicted octanol–water partition coefficient (Wildman–Crippen LogP) is 1.73. The quantitative estimate of drug-likeness (QED) is 0.855. The molecule has 2 rings (SSSR count). The molecule has 0 aliphatic carbocycles. The van der Waals surface area contributed by atoms with E-state index in [0.29, 0.717) is 42.5 Å². The van der Waals surface area contributed by atoms with Gasteiger partial charge in [-0.1, -0.05) is 18.1 Å². The third kappa shape index (κ3) is 3.95. The van der Waals surface area contributed by atoms with Gasteiger partial charge in [-0.15, -0.1) is 5.92 Å². The van der Waals surface area contributed by atoms with Crippen molar-refractivity contribution in [3.63, 3.8) is 0 Å². The summed E-state index contributed by atoms with van der Waals surface area (Å²) in [6.07, 6.45) is 1.63. The molecule has 1 N–H and O–H groups in total. The van der Waals surface area contributed by atoms with Crippen LogP contribution in [0.25, 0.3) is 10.9 Å². The van der Waals surface area contributed by atoms with Crippen molar-refractivity contribution < 1.29 is 4.79 Å². The van der Waals surface area contributed by atoms with Gasteiger partial charge in [-0.3, -0.25) is 9.59 Å². The molecular formula is C17H19N3O2. The molecule has 2 aromatic rings. The minimum absolute atomic E-state index is 0.0471. The molecular weight excluding hydrogens is 278 g/mol. The van der Waals surface area contributed by atoms with Crippen LogP contribution < -0.4 is 5.56 Å². The molecule has 0 aliphatic rings. The fraction of sp³-hybridized carbons (Fsp3) is 0.353. The number of aryl methyl sites for hydroxylation is 1. The first-order chi connectivity index (χ1) is 10.6. The van der Waals surface area contributed by atoms with Crippen LogP contribution in [0.15, 0.2) is 29.1 Å². The molecule has 0 fully saturated rings. The number of carbonyl (C=O) groups excluding carboxylic acids is 1. The van der Waals surface area contributed by atoms with E-state index in [2.05, 4.69) is 21.8 Å². The smallest absolute Gasteiger partial charge is 0.258 e. The Morgan fingerprint density at radius 2 is 2.14 bits per heavy atom. The van der Waals surface area contributed by atoms with Gasteiger partial charge >= 0.3 is 0 Å². The summed E-state index contributed by atoms with van der Waals surface area (Å²) in [5, 5.41) is 0.584. The van der Waals surface area contributed by atoms with Crippen LogP contribution in [0.4, 0.5) is 0 Å². The van der Waals surface area contributed by atoms with E-state index in [1.54, 1.807) is 24.9 Å². The summed E-state index contributed by atoms with van der Waals surface area (Å²) in [6.45, 7) is 2.19. The number of aromatic amines is 1. The molecule has 0 saturated carbocycles. The molecule has 1 amide bonds. The normalized spacial score (nSPS) is 10.1. The van der Waals surface area contributed by atoms with Crippen molar-refractivity contribution in [3.05, 3.63) is 40.4 Å². The van der Waals surface area contributed by atoms with Crippen molar-refractivity contribution in [2.45, 2.75) is 26.2 Å². The van der Waals surface area contributed by atoms with Gasteiger partial charge in [0.25, 0.3) is 5.56 Å². The first-order valence-electron chi connectivity index (χ1n) is 7.23. The number of benzene rings is 1. The van der Waals surface area contributed by atoms with Gasteiger partial charge in [0, 0.05) is 19.9 Å². The fourth-order valence-electron chi connectivity index (χ4n) is 2.14. The van der Waals surface area contributed by atoms with Crippen LogP contribution in [0.2, 0.25) is 0 Å². The lowest BCUT2D eigenvalue weighted by atomic mass is 10.2. The van der Waals surface area contributed by atoms with Crippen molar-refractivity contribution in [1.82, 2.24) is 14.9 Å². The zero-order valence-corrected chi connectivity index (χ0v) is 12.8. The lowest BCUT2D eigenvalue weighted by Gasteiger charge is -2.13. The molecule has 0 aliphatic heterocycles. The van der Waals surface area contributed by atoms with Gasteiger partial charge in [0.1, 0.15) is 5.82 Å². The zero-order chi connectivity index (χ0) is 15.9. The van der Waals surface area contributed by atoms with E-state index in [4.69, 9.17) is 0 Å². The minimum atomic E-state index is -0.137. The Morgan fingerprint density at radius 1 is 1.36 bits per heavy atom. The van der Waals surface area contributed by atoms with Crippen molar-refractivity contribution in [2.75, 3.05) is 13.6 Å². The van der Waals surface area contributed by atoms with Crippen molar-refractivity contribution in [3.8, 4) is 11.8 Å². The Labute approximate surface area is 129 Å². The maximum Gasteiger partial charge on any atom is 0.258 e. The number of nitrogens with one attached hydrogen (secondary N) is 1. The first-order valence-corrected chi connectivity index (χ1v) is 7.23. The molecule has 114 valence electrons. The highest BCUT2D eigenvalue weighted by atomic mass is 16.2. The van der Waals surface area contributed by atoms with Crippen LogP contribution in [0, 0.1) is 11.8 Å². The molecule has 5 nitrogen and oxygen atoms in total. The third-order valence-corrected chi connectivity index (χ3v) is 3.38. The van der Waals surface area contributed by atoms with Gasteiger partial charge in [-0.2, -0.15) is 0 Å². The van der Waals surface area contributed by atoms with E-state index in [0.717, 1.165) is 0 Å². The van der Waals surface area contributed by atoms with E-state index < -0.39 is 0 Å². The summed E-state index contributed by atoms with van der Waals surface area (Å²) in [7, 11) is 1.74. The average molecular weight is 297 g/mol. The van der Waals surface area contributed by atoms with Crippen LogP contribution in [0.5, 0.6) is 0 Å². The molecule has 5 heteroatoms. The van der Waals surface area contributed by atoms with Gasteiger partial charge in [0.05, 0.1) is 17.4 Å².